The Morgan fingerprint density at radius 1 is 1.56 bits per heavy atom. The Balaban J connectivity index is 2.19. The standard InChI is InChI=1S/C14H20N2O2/c1-3-16(12-6-7-15-9-12)14(18)11-5-4-10(2)13(17)8-11/h4-5,8,12,15,17H,3,6-7,9H2,1-2H3. The predicted octanol–water partition coefficient (Wildman–Crippen LogP) is 1.52. The van der Waals surface area contributed by atoms with Gasteiger partial charge in [0, 0.05) is 24.7 Å². The van der Waals surface area contributed by atoms with E-state index in [1.807, 2.05) is 18.7 Å². The van der Waals surface area contributed by atoms with Gasteiger partial charge in [-0.25, -0.2) is 0 Å². The van der Waals surface area contributed by atoms with Gasteiger partial charge in [0.15, 0.2) is 0 Å². The molecule has 1 unspecified atom stereocenters. The maximum Gasteiger partial charge on any atom is 0.254 e. The number of aromatic hydroxyl groups is 1. The summed E-state index contributed by atoms with van der Waals surface area (Å²) in [6.07, 6.45) is 0.997. The zero-order valence-electron chi connectivity index (χ0n) is 10.9. The van der Waals surface area contributed by atoms with E-state index in [1.165, 1.54) is 0 Å². The van der Waals surface area contributed by atoms with Gasteiger partial charge in [-0.2, -0.15) is 0 Å². The minimum atomic E-state index is 0.00139. The lowest BCUT2D eigenvalue weighted by atomic mass is 10.1. The molecule has 1 amide bonds. The van der Waals surface area contributed by atoms with Gasteiger partial charge in [-0.15, -0.1) is 0 Å². The summed E-state index contributed by atoms with van der Waals surface area (Å²) >= 11 is 0. The van der Waals surface area contributed by atoms with E-state index < -0.39 is 0 Å². The highest BCUT2D eigenvalue weighted by Crippen LogP contribution is 2.20. The molecule has 1 aromatic carbocycles. The molecule has 0 spiro atoms. The van der Waals surface area contributed by atoms with E-state index in [4.69, 9.17) is 0 Å². The Morgan fingerprint density at radius 2 is 2.33 bits per heavy atom. The Bertz CT molecular complexity index is 439. The Kier molecular flexibility index (Phi) is 3.87. The molecule has 1 aromatic rings. The normalized spacial score (nSPS) is 18.9. The first-order chi connectivity index (χ1) is 8.63. The lowest BCUT2D eigenvalue weighted by Crippen LogP contribution is -2.41. The number of hydrogen-bond donors (Lipinski definition) is 2. The highest BCUT2D eigenvalue weighted by Gasteiger charge is 2.26. The van der Waals surface area contributed by atoms with Crippen molar-refractivity contribution < 1.29 is 9.90 Å². The van der Waals surface area contributed by atoms with Crippen LogP contribution < -0.4 is 5.32 Å². The molecule has 1 fully saturated rings. The van der Waals surface area contributed by atoms with Crippen LogP contribution in [0.15, 0.2) is 18.2 Å². The van der Waals surface area contributed by atoms with Crippen LogP contribution in [0, 0.1) is 6.92 Å². The molecule has 0 bridgehead atoms. The Labute approximate surface area is 108 Å². The van der Waals surface area contributed by atoms with Crippen LogP contribution in [0.4, 0.5) is 0 Å². The summed E-state index contributed by atoms with van der Waals surface area (Å²) < 4.78 is 0. The number of likely N-dealkylation sites (N-methyl/N-ethyl adjacent to an activating group) is 1. The van der Waals surface area contributed by atoms with Gasteiger partial charge < -0.3 is 15.3 Å². The molecular weight excluding hydrogens is 228 g/mol. The number of rotatable bonds is 3. The van der Waals surface area contributed by atoms with Crippen molar-refractivity contribution in [1.29, 1.82) is 0 Å². The summed E-state index contributed by atoms with van der Waals surface area (Å²) in [5.74, 6) is 0.183. The number of phenolic OH excluding ortho intramolecular Hbond substituents is 1. The maximum absolute atomic E-state index is 12.4. The summed E-state index contributed by atoms with van der Waals surface area (Å²) in [6, 6.07) is 5.39. The molecule has 0 radical (unpaired) electrons. The van der Waals surface area contributed by atoms with E-state index in [0.717, 1.165) is 25.1 Å². The molecular formula is C14H20N2O2. The van der Waals surface area contributed by atoms with Crippen LogP contribution in [0.1, 0.15) is 29.3 Å². The van der Waals surface area contributed by atoms with Crippen LogP contribution in [0.25, 0.3) is 0 Å². The summed E-state index contributed by atoms with van der Waals surface area (Å²) in [6.45, 7) is 6.33. The van der Waals surface area contributed by atoms with Crippen LogP contribution >= 0.6 is 0 Å². The van der Waals surface area contributed by atoms with Crippen molar-refractivity contribution in [2.45, 2.75) is 26.3 Å². The molecule has 0 saturated carbocycles. The second kappa shape index (κ2) is 5.40. The monoisotopic (exact) mass is 248 g/mol. The van der Waals surface area contributed by atoms with Gasteiger partial charge in [0.2, 0.25) is 0 Å². The number of hydrogen-bond acceptors (Lipinski definition) is 3. The van der Waals surface area contributed by atoms with Crippen molar-refractivity contribution in [2.24, 2.45) is 0 Å². The van der Waals surface area contributed by atoms with Gasteiger partial charge in [0.25, 0.3) is 5.91 Å². The average molecular weight is 248 g/mol. The highest BCUT2D eigenvalue weighted by molar-refractivity contribution is 5.95. The Morgan fingerprint density at radius 3 is 2.89 bits per heavy atom. The first kappa shape index (κ1) is 12.9. The van der Waals surface area contributed by atoms with Crippen LogP contribution in [0.5, 0.6) is 5.75 Å². The second-order valence-corrected chi connectivity index (χ2v) is 4.74. The fourth-order valence-corrected chi connectivity index (χ4v) is 2.38. The summed E-state index contributed by atoms with van der Waals surface area (Å²) in [4.78, 5) is 14.3. The van der Waals surface area contributed by atoms with Gasteiger partial charge in [0.1, 0.15) is 5.75 Å². The van der Waals surface area contributed by atoms with Crippen LogP contribution in [0.2, 0.25) is 0 Å². The van der Waals surface area contributed by atoms with E-state index in [2.05, 4.69) is 5.32 Å². The van der Waals surface area contributed by atoms with Gasteiger partial charge in [-0.3, -0.25) is 4.79 Å². The number of aryl methyl sites for hydroxylation is 1. The molecule has 1 saturated heterocycles. The quantitative estimate of drug-likeness (QED) is 0.853. The molecule has 1 aliphatic rings. The van der Waals surface area contributed by atoms with Crippen molar-refractivity contribution in [3.63, 3.8) is 0 Å². The Hall–Kier alpha value is -1.55. The predicted molar refractivity (Wildman–Crippen MR) is 70.8 cm³/mol. The smallest absolute Gasteiger partial charge is 0.254 e. The molecule has 4 heteroatoms. The number of amides is 1. The number of nitrogens with one attached hydrogen (secondary N) is 1. The topological polar surface area (TPSA) is 52.6 Å². The molecule has 1 heterocycles. The van der Waals surface area contributed by atoms with E-state index >= 15 is 0 Å². The molecule has 0 aliphatic carbocycles. The van der Waals surface area contributed by atoms with Crippen molar-refractivity contribution in [3.05, 3.63) is 29.3 Å². The van der Waals surface area contributed by atoms with Crippen LogP contribution in [-0.4, -0.2) is 41.6 Å². The summed E-state index contributed by atoms with van der Waals surface area (Å²) in [5, 5.41) is 13.0. The van der Waals surface area contributed by atoms with Crippen LogP contribution in [-0.2, 0) is 0 Å². The largest absolute Gasteiger partial charge is 0.508 e. The fourth-order valence-electron chi connectivity index (χ4n) is 2.38. The first-order valence-corrected chi connectivity index (χ1v) is 6.44. The number of phenols is 1. The van der Waals surface area contributed by atoms with Crippen molar-refractivity contribution in [3.8, 4) is 5.75 Å². The van der Waals surface area contributed by atoms with E-state index in [1.54, 1.807) is 18.2 Å². The minimum Gasteiger partial charge on any atom is -0.508 e. The highest BCUT2D eigenvalue weighted by atomic mass is 16.3. The molecule has 2 N–H and O–H groups in total. The summed E-state index contributed by atoms with van der Waals surface area (Å²) in [7, 11) is 0. The zero-order chi connectivity index (χ0) is 13.1. The summed E-state index contributed by atoms with van der Waals surface area (Å²) in [5.41, 5.74) is 1.35. The number of carbonyl (C=O) groups excluding carboxylic acids is 1. The number of carbonyl (C=O) groups is 1. The minimum absolute atomic E-state index is 0.00139. The third kappa shape index (κ3) is 2.48. The van der Waals surface area contributed by atoms with Crippen molar-refractivity contribution in [2.75, 3.05) is 19.6 Å². The van der Waals surface area contributed by atoms with Gasteiger partial charge in [-0.1, -0.05) is 6.07 Å². The molecule has 1 atom stereocenters. The lowest BCUT2D eigenvalue weighted by Gasteiger charge is -2.27. The average Bonchev–Trinajstić information content (AvgIpc) is 2.87. The van der Waals surface area contributed by atoms with E-state index in [9.17, 15) is 9.90 Å². The molecule has 18 heavy (non-hydrogen) atoms. The van der Waals surface area contributed by atoms with Crippen molar-refractivity contribution >= 4 is 5.91 Å². The zero-order valence-corrected chi connectivity index (χ0v) is 10.9. The third-order valence-electron chi connectivity index (χ3n) is 3.53. The fraction of sp³-hybridized carbons (Fsp3) is 0.500. The van der Waals surface area contributed by atoms with E-state index in [0.29, 0.717) is 12.1 Å². The molecule has 1 aliphatic heterocycles. The van der Waals surface area contributed by atoms with Gasteiger partial charge in [-0.05, 0) is 44.5 Å². The SMILES string of the molecule is CCN(C(=O)c1ccc(C)c(O)c1)C1CCNC1. The molecule has 2 rings (SSSR count). The maximum atomic E-state index is 12.4. The third-order valence-corrected chi connectivity index (χ3v) is 3.53. The van der Waals surface area contributed by atoms with Crippen molar-refractivity contribution in [1.82, 2.24) is 10.2 Å². The first-order valence-electron chi connectivity index (χ1n) is 6.44. The molecule has 4 nitrogen and oxygen atoms in total. The van der Waals surface area contributed by atoms with Gasteiger partial charge in [0.05, 0.1) is 0 Å². The lowest BCUT2D eigenvalue weighted by molar-refractivity contribution is 0.0703. The van der Waals surface area contributed by atoms with Gasteiger partial charge >= 0.3 is 0 Å². The van der Waals surface area contributed by atoms with Crippen LogP contribution in [0.3, 0.4) is 0 Å². The number of benzene rings is 1. The van der Waals surface area contributed by atoms with E-state index in [-0.39, 0.29) is 17.7 Å². The molecule has 98 valence electrons. The second-order valence-electron chi connectivity index (χ2n) is 4.74. The molecule has 0 aromatic heterocycles. The number of nitrogens with zero attached hydrogens (tertiary/aromatic N) is 1.